The fourth-order valence-electron chi connectivity index (χ4n) is 2.39. The van der Waals surface area contributed by atoms with Crippen LogP contribution in [0.15, 0.2) is 72.8 Å². The van der Waals surface area contributed by atoms with E-state index in [0.717, 1.165) is 0 Å². The van der Waals surface area contributed by atoms with Crippen LogP contribution in [-0.2, 0) is 4.79 Å². The van der Waals surface area contributed by atoms with Gasteiger partial charge in [0.1, 0.15) is 5.75 Å². The first-order valence-electron chi connectivity index (χ1n) is 8.10. The number of hydrogen-bond donors (Lipinski definition) is 1. The van der Waals surface area contributed by atoms with Gasteiger partial charge in [-0.2, -0.15) is 0 Å². The highest BCUT2D eigenvalue weighted by Crippen LogP contribution is 2.27. The van der Waals surface area contributed by atoms with Crippen LogP contribution in [0, 0.1) is 0 Å². The maximum Gasteiger partial charge on any atom is 0.262 e. The topological polar surface area (TPSA) is 55.4 Å². The monoisotopic (exact) mass is 399 g/mol. The normalized spacial score (nSPS) is 10.3. The lowest BCUT2D eigenvalue weighted by Crippen LogP contribution is -2.20. The number of rotatable bonds is 6. The number of carbonyl (C=O) groups is 2. The molecule has 0 radical (unpaired) electrons. The Hall–Kier alpha value is -2.82. The fourth-order valence-corrected chi connectivity index (χ4v) is 2.86. The van der Waals surface area contributed by atoms with Gasteiger partial charge in [0, 0.05) is 21.8 Å². The molecule has 0 unspecified atom stereocenters. The Kier molecular flexibility index (Phi) is 6.12. The van der Waals surface area contributed by atoms with Gasteiger partial charge in [-0.15, -0.1) is 0 Å². The van der Waals surface area contributed by atoms with Crippen LogP contribution in [0.3, 0.4) is 0 Å². The quantitative estimate of drug-likeness (QED) is 0.576. The van der Waals surface area contributed by atoms with Crippen molar-refractivity contribution in [3.05, 3.63) is 94.0 Å². The Labute approximate surface area is 166 Å². The molecule has 3 aromatic carbocycles. The van der Waals surface area contributed by atoms with Crippen LogP contribution in [0.1, 0.15) is 15.9 Å². The molecule has 0 bridgehead atoms. The second kappa shape index (κ2) is 8.71. The minimum atomic E-state index is -0.344. The van der Waals surface area contributed by atoms with Crippen LogP contribution in [-0.4, -0.2) is 18.3 Å². The number of benzene rings is 3. The molecule has 1 N–H and O–H groups in total. The molecule has 4 nitrogen and oxygen atoms in total. The second-order valence-electron chi connectivity index (χ2n) is 5.68. The van der Waals surface area contributed by atoms with Gasteiger partial charge in [-0.25, -0.2) is 0 Å². The molecular weight excluding hydrogens is 385 g/mol. The maximum absolute atomic E-state index is 12.4. The summed E-state index contributed by atoms with van der Waals surface area (Å²) in [6, 6.07) is 20.5. The van der Waals surface area contributed by atoms with Crippen LogP contribution in [0.2, 0.25) is 10.0 Å². The molecule has 6 heteroatoms. The van der Waals surface area contributed by atoms with E-state index in [-0.39, 0.29) is 18.3 Å². The first-order chi connectivity index (χ1) is 13.0. The lowest BCUT2D eigenvalue weighted by molar-refractivity contribution is -0.118. The van der Waals surface area contributed by atoms with Crippen molar-refractivity contribution < 1.29 is 14.3 Å². The van der Waals surface area contributed by atoms with Crippen LogP contribution >= 0.6 is 23.2 Å². The van der Waals surface area contributed by atoms with E-state index in [1.165, 1.54) is 0 Å². The molecule has 0 fully saturated rings. The zero-order valence-corrected chi connectivity index (χ0v) is 15.6. The molecule has 0 spiro atoms. The van der Waals surface area contributed by atoms with E-state index in [0.29, 0.717) is 32.6 Å². The van der Waals surface area contributed by atoms with Crippen molar-refractivity contribution in [2.24, 2.45) is 0 Å². The van der Waals surface area contributed by atoms with Gasteiger partial charge in [-0.3, -0.25) is 9.59 Å². The van der Waals surface area contributed by atoms with E-state index in [9.17, 15) is 9.59 Å². The van der Waals surface area contributed by atoms with E-state index >= 15 is 0 Å². The van der Waals surface area contributed by atoms with Crippen molar-refractivity contribution >= 4 is 40.6 Å². The third-order valence-corrected chi connectivity index (χ3v) is 4.25. The number of nitrogens with one attached hydrogen (secondary N) is 1. The van der Waals surface area contributed by atoms with E-state index in [1.54, 1.807) is 54.6 Å². The van der Waals surface area contributed by atoms with E-state index in [4.69, 9.17) is 27.9 Å². The second-order valence-corrected chi connectivity index (χ2v) is 6.53. The summed E-state index contributed by atoms with van der Waals surface area (Å²) in [5, 5.41) is 3.52. The Balaban J connectivity index is 1.57. The van der Waals surface area contributed by atoms with E-state index in [1.807, 2.05) is 18.2 Å². The standard InChI is InChI=1S/C21H15Cl2NO3/c22-16-8-11-19(18(23)12-16)27-13-20(25)24-17-9-6-15(7-10-17)21(26)14-4-2-1-3-5-14/h1-12H,13H2,(H,24,25). The SMILES string of the molecule is O=C(COc1ccc(Cl)cc1Cl)Nc1ccc(C(=O)c2ccccc2)cc1. The molecule has 0 aliphatic carbocycles. The third-order valence-electron chi connectivity index (χ3n) is 3.72. The average molecular weight is 400 g/mol. The predicted molar refractivity (Wildman–Crippen MR) is 107 cm³/mol. The minimum Gasteiger partial charge on any atom is -0.482 e. The van der Waals surface area contributed by atoms with Crippen molar-refractivity contribution in [2.75, 3.05) is 11.9 Å². The summed E-state index contributed by atoms with van der Waals surface area (Å²) in [5.74, 6) is -0.0441. The molecule has 27 heavy (non-hydrogen) atoms. The fraction of sp³-hybridized carbons (Fsp3) is 0.0476. The van der Waals surface area contributed by atoms with Gasteiger partial charge in [0.15, 0.2) is 12.4 Å². The molecule has 3 rings (SSSR count). The van der Waals surface area contributed by atoms with Gasteiger partial charge in [-0.1, -0.05) is 53.5 Å². The van der Waals surface area contributed by atoms with Crippen LogP contribution in [0.25, 0.3) is 0 Å². The number of anilines is 1. The first-order valence-corrected chi connectivity index (χ1v) is 8.86. The van der Waals surface area contributed by atoms with Crippen molar-refractivity contribution in [2.45, 2.75) is 0 Å². The zero-order valence-electron chi connectivity index (χ0n) is 14.1. The first kappa shape index (κ1) is 19.0. The largest absolute Gasteiger partial charge is 0.482 e. The summed E-state index contributed by atoms with van der Waals surface area (Å²) in [4.78, 5) is 24.4. The number of halogens is 2. The average Bonchev–Trinajstić information content (AvgIpc) is 2.68. The molecule has 136 valence electrons. The lowest BCUT2D eigenvalue weighted by Gasteiger charge is -2.09. The number of amides is 1. The van der Waals surface area contributed by atoms with E-state index in [2.05, 4.69) is 5.32 Å². The lowest BCUT2D eigenvalue weighted by atomic mass is 10.0. The van der Waals surface area contributed by atoms with Gasteiger partial charge < -0.3 is 10.1 Å². The molecule has 1 amide bonds. The Morgan fingerprint density at radius 1 is 0.852 bits per heavy atom. The highest BCUT2D eigenvalue weighted by Gasteiger charge is 2.10. The Bertz CT molecular complexity index is 957. The molecule has 0 heterocycles. The summed E-state index contributed by atoms with van der Waals surface area (Å²) in [5.41, 5.74) is 1.72. The van der Waals surface area contributed by atoms with Gasteiger partial charge in [0.2, 0.25) is 0 Å². The van der Waals surface area contributed by atoms with Gasteiger partial charge in [-0.05, 0) is 42.5 Å². The molecule has 0 aliphatic rings. The maximum atomic E-state index is 12.4. The number of carbonyl (C=O) groups excluding carboxylic acids is 2. The summed E-state index contributed by atoms with van der Waals surface area (Å²) < 4.78 is 5.39. The van der Waals surface area contributed by atoms with Crippen molar-refractivity contribution in [1.29, 1.82) is 0 Å². The van der Waals surface area contributed by atoms with Gasteiger partial charge in [0.05, 0.1) is 5.02 Å². The summed E-state index contributed by atoms with van der Waals surface area (Å²) in [7, 11) is 0. The summed E-state index contributed by atoms with van der Waals surface area (Å²) in [6.07, 6.45) is 0. The highest BCUT2D eigenvalue weighted by atomic mass is 35.5. The van der Waals surface area contributed by atoms with Gasteiger partial charge >= 0.3 is 0 Å². The Morgan fingerprint density at radius 2 is 1.52 bits per heavy atom. The number of ether oxygens (including phenoxy) is 1. The summed E-state index contributed by atoms with van der Waals surface area (Å²) in [6.45, 7) is -0.202. The molecule has 0 atom stereocenters. The van der Waals surface area contributed by atoms with Crippen molar-refractivity contribution in [3.63, 3.8) is 0 Å². The molecule has 0 aliphatic heterocycles. The zero-order chi connectivity index (χ0) is 19.2. The molecule has 0 aromatic heterocycles. The minimum absolute atomic E-state index is 0.0748. The highest BCUT2D eigenvalue weighted by molar-refractivity contribution is 6.35. The van der Waals surface area contributed by atoms with Crippen LogP contribution in [0.5, 0.6) is 5.75 Å². The molecule has 0 saturated heterocycles. The van der Waals surface area contributed by atoms with Crippen LogP contribution in [0.4, 0.5) is 5.69 Å². The van der Waals surface area contributed by atoms with Crippen molar-refractivity contribution in [1.82, 2.24) is 0 Å². The number of hydrogen-bond acceptors (Lipinski definition) is 3. The summed E-state index contributed by atoms with van der Waals surface area (Å²) >= 11 is 11.8. The van der Waals surface area contributed by atoms with Crippen LogP contribution < -0.4 is 10.1 Å². The van der Waals surface area contributed by atoms with E-state index < -0.39 is 0 Å². The Morgan fingerprint density at radius 3 is 2.19 bits per heavy atom. The van der Waals surface area contributed by atoms with Gasteiger partial charge in [0.25, 0.3) is 5.91 Å². The molecule has 0 saturated carbocycles. The molecule has 3 aromatic rings. The number of ketones is 1. The molecular formula is C21H15Cl2NO3. The smallest absolute Gasteiger partial charge is 0.262 e. The predicted octanol–water partition coefficient (Wildman–Crippen LogP) is 5.24. The third kappa shape index (κ3) is 5.09. The van der Waals surface area contributed by atoms with Crippen molar-refractivity contribution in [3.8, 4) is 5.75 Å².